The first-order valence-corrected chi connectivity index (χ1v) is 12.5. The smallest absolute Gasteiger partial charge is 0.405 e. The van der Waals surface area contributed by atoms with Crippen LogP contribution in [-0.4, -0.2) is 56.1 Å². The molecule has 5 N–H and O–H groups in total. The summed E-state index contributed by atoms with van der Waals surface area (Å²) in [7, 11) is 0. The Hall–Kier alpha value is -3.99. The van der Waals surface area contributed by atoms with Crippen molar-refractivity contribution >= 4 is 46.1 Å². The quantitative estimate of drug-likeness (QED) is 0.273. The number of Topliss-reactive ketones (excluding diaryl/α,β-unsaturated/α-hetero) is 1. The number of pyridine rings is 2. The fourth-order valence-electron chi connectivity index (χ4n) is 4.52. The molecule has 2 aromatic heterocycles. The number of rotatable bonds is 7. The summed E-state index contributed by atoms with van der Waals surface area (Å²) in [6.07, 6.45) is 2.92. The minimum atomic E-state index is -1.26. The number of carbonyl (C=O) groups excluding carboxylic acids is 2. The van der Waals surface area contributed by atoms with Gasteiger partial charge in [-0.15, -0.1) is 0 Å². The van der Waals surface area contributed by atoms with E-state index in [0.29, 0.717) is 59.2 Å². The van der Waals surface area contributed by atoms with Gasteiger partial charge in [-0.05, 0) is 63.8 Å². The van der Waals surface area contributed by atoms with Crippen molar-refractivity contribution in [3.8, 4) is 17.0 Å². The lowest BCUT2D eigenvalue weighted by Crippen LogP contribution is -2.49. The van der Waals surface area contributed by atoms with Crippen LogP contribution in [0.4, 0.5) is 14.9 Å². The van der Waals surface area contributed by atoms with E-state index < -0.39 is 23.7 Å². The summed E-state index contributed by atoms with van der Waals surface area (Å²) < 4.78 is 14.1. The molecule has 0 aliphatic heterocycles. The molecule has 1 unspecified atom stereocenters. The third-order valence-corrected chi connectivity index (χ3v) is 6.85. The molecular formula is C26H27ClFN5O5. The molecule has 38 heavy (non-hydrogen) atoms. The van der Waals surface area contributed by atoms with Gasteiger partial charge < -0.3 is 26.2 Å². The second-order valence-corrected chi connectivity index (χ2v) is 9.74. The van der Waals surface area contributed by atoms with Gasteiger partial charge in [-0.25, -0.2) is 14.2 Å². The molecule has 10 nitrogen and oxygen atoms in total. The Morgan fingerprint density at radius 3 is 2.45 bits per heavy atom. The molecule has 12 heteroatoms. The van der Waals surface area contributed by atoms with Crippen molar-refractivity contribution in [1.29, 1.82) is 0 Å². The molecule has 0 spiro atoms. The van der Waals surface area contributed by atoms with Gasteiger partial charge in [0.05, 0.1) is 27.5 Å². The van der Waals surface area contributed by atoms with Crippen molar-refractivity contribution in [2.45, 2.75) is 57.7 Å². The van der Waals surface area contributed by atoms with Gasteiger partial charge in [0.25, 0.3) is 0 Å². The van der Waals surface area contributed by atoms with Crippen LogP contribution < -0.4 is 16.0 Å². The number of benzene rings is 1. The minimum Gasteiger partial charge on any atom is -0.504 e. The zero-order chi connectivity index (χ0) is 27.6. The SMILES string of the molecule is CC(=O)c1cnc2ccc(-c3cc(F)c(O)c(Cl)c3)nc2c1N[C@H]1CC[C@H](NC(=O)C(C)NC(=O)O)CC1. The highest BCUT2D eigenvalue weighted by atomic mass is 35.5. The number of aromatic nitrogens is 2. The van der Waals surface area contributed by atoms with Gasteiger partial charge in [0, 0.05) is 23.8 Å². The van der Waals surface area contributed by atoms with Crippen molar-refractivity contribution in [2.75, 3.05) is 5.32 Å². The first kappa shape index (κ1) is 27.1. The van der Waals surface area contributed by atoms with E-state index >= 15 is 0 Å². The highest BCUT2D eigenvalue weighted by molar-refractivity contribution is 6.32. The molecule has 1 saturated carbocycles. The summed E-state index contributed by atoms with van der Waals surface area (Å²) in [5, 5.41) is 26.8. The average molecular weight is 544 g/mol. The summed E-state index contributed by atoms with van der Waals surface area (Å²) in [5.74, 6) is -2.10. The number of carbonyl (C=O) groups is 3. The molecule has 1 atom stereocenters. The van der Waals surface area contributed by atoms with Crippen LogP contribution in [0.3, 0.4) is 0 Å². The standard InChI is InChI=1S/C26H27ClFN5O5/c1-12(30-26(37)38)25(36)32-16-5-3-15(4-6-16)31-22-17(13(2)34)11-29-21-8-7-20(33-23(21)22)14-9-18(27)24(35)19(28)10-14/h7-12,15-16,30,35H,3-6H2,1-2H3,(H,29,31)(H,32,36)(H,37,38)/t12?,15-,16-. The van der Waals surface area contributed by atoms with Crippen LogP contribution in [0.2, 0.25) is 5.02 Å². The van der Waals surface area contributed by atoms with Crippen molar-refractivity contribution in [3.05, 3.63) is 46.9 Å². The van der Waals surface area contributed by atoms with E-state index in [1.54, 1.807) is 12.1 Å². The Labute approximate surface area is 222 Å². The van der Waals surface area contributed by atoms with Crippen molar-refractivity contribution < 1.29 is 29.0 Å². The average Bonchev–Trinajstić information content (AvgIpc) is 2.87. The number of phenolic OH excluding ortho intramolecular Hbond substituents is 1. The van der Waals surface area contributed by atoms with Gasteiger partial charge in [0.15, 0.2) is 17.3 Å². The molecule has 1 aliphatic carbocycles. The molecule has 2 heterocycles. The van der Waals surface area contributed by atoms with Gasteiger partial charge in [0.2, 0.25) is 5.91 Å². The summed E-state index contributed by atoms with van der Waals surface area (Å²) in [6, 6.07) is 4.93. The number of aromatic hydroxyl groups is 1. The largest absolute Gasteiger partial charge is 0.504 e. The lowest BCUT2D eigenvalue weighted by Gasteiger charge is -2.31. The summed E-state index contributed by atoms with van der Waals surface area (Å²) >= 11 is 5.95. The lowest BCUT2D eigenvalue weighted by molar-refractivity contribution is -0.123. The Kier molecular flexibility index (Phi) is 7.96. The Bertz CT molecular complexity index is 1390. The van der Waals surface area contributed by atoms with E-state index in [-0.39, 0.29) is 28.8 Å². The van der Waals surface area contributed by atoms with Gasteiger partial charge in [-0.1, -0.05) is 11.6 Å². The fraction of sp³-hybridized carbons (Fsp3) is 0.346. The number of carboxylic acid groups (broad SMARTS) is 1. The van der Waals surface area contributed by atoms with Crippen molar-refractivity contribution in [2.24, 2.45) is 0 Å². The maximum Gasteiger partial charge on any atom is 0.405 e. The first-order chi connectivity index (χ1) is 18.0. The fourth-order valence-corrected chi connectivity index (χ4v) is 4.72. The van der Waals surface area contributed by atoms with Gasteiger partial charge in [0.1, 0.15) is 11.6 Å². The molecule has 1 aromatic carbocycles. The topological polar surface area (TPSA) is 154 Å². The highest BCUT2D eigenvalue weighted by Crippen LogP contribution is 2.34. The number of anilines is 1. The van der Waals surface area contributed by atoms with E-state index in [4.69, 9.17) is 16.7 Å². The molecular weight excluding hydrogens is 517 g/mol. The van der Waals surface area contributed by atoms with Crippen LogP contribution in [0.15, 0.2) is 30.5 Å². The second-order valence-electron chi connectivity index (χ2n) is 9.33. The van der Waals surface area contributed by atoms with Crippen LogP contribution in [0.1, 0.15) is 49.9 Å². The van der Waals surface area contributed by atoms with Crippen molar-refractivity contribution in [1.82, 2.24) is 20.6 Å². The zero-order valence-corrected chi connectivity index (χ0v) is 21.5. The number of nitrogens with one attached hydrogen (secondary N) is 3. The summed E-state index contributed by atoms with van der Waals surface area (Å²) in [5.41, 5.74) is 2.59. The molecule has 200 valence electrons. The van der Waals surface area contributed by atoms with Crippen molar-refractivity contribution in [3.63, 3.8) is 0 Å². The maximum atomic E-state index is 14.1. The third kappa shape index (κ3) is 5.94. The van der Waals surface area contributed by atoms with E-state index in [2.05, 4.69) is 25.9 Å². The third-order valence-electron chi connectivity index (χ3n) is 6.56. The molecule has 0 saturated heterocycles. The normalized spacial score (nSPS) is 18.0. The number of hydrogen-bond acceptors (Lipinski definition) is 7. The maximum absolute atomic E-state index is 14.1. The molecule has 1 fully saturated rings. The van der Waals surface area contributed by atoms with E-state index in [0.717, 1.165) is 6.07 Å². The minimum absolute atomic E-state index is 0.0209. The first-order valence-electron chi connectivity index (χ1n) is 12.1. The lowest BCUT2D eigenvalue weighted by atomic mass is 9.90. The number of nitrogens with zero attached hydrogens (tertiary/aromatic N) is 2. The number of phenols is 1. The summed E-state index contributed by atoms with van der Waals surface area (Å²) in [6.45, 7) is 2.92. The monoisotopic (exact) mass is 543 g/mol. The molecule has 0 radical (unpaired) electrons. The number of amides is 2. The van der Waals surface area contributed by atoms with Gasteiger partial charge in [-0.3, -0.25) is 14.6 Å². The van der Waals surface area contributed by atoms with Crippen LogP contribution in [0, 0.1) is 5.82 Å². The van der Waals surface area contributed by atoms with Gasteiger partial charge >= 0.3 is 6.09 Å². The Balaban J connectivity index is 1.56. The van der Waals surface area contributed by atoms with Crippen LogP contribution in [0.5, 0.6) is 5.75 Å². The Morgan fingerprint density at radius 2 is 1.82 bits per heavy atom. The molecule has 3 aromatic rings. The van der Waals surface area contributed by atoms with Crippen LogP contribution in [0.25, 0.3) is 22.3 Å². The molecule has 1 aliphatic rings. The Morgan fingerprint density at radius 1 is 1.13 bits per heavy atom. The second kappa shape index (κ2) is 11.2. The van der Waals surface area contributed by atoms with E-state index in [1.165, 1.54) is 26.1 Å². The molecule has 0 bridgehead atoms. The van der Waals surface area contributed by atoms with Crippen LogP contribution in [-0.2, 0) is 4.79 Å². The predicted molar refractivity (Wildman–Crippen MR) is 140 cm³/mol. The van der Waals surface area contributed by atoms with Gasteiger partial charge in [-0.2, -0.15) is 0 Å². The highest BCUT2D eigenvalue weighted by Gasteiger charge is 2.26. The summed E-state index contributed by atoms with van der Waals surface area (Å²) in [4.78, 5) is 44.5. The number of halogens is 2. The number of hydrogen-bond donors (Lipinski definition) is 5. The zero-order valence-electron chi connectivity index (χ0n) is 20.7. The van der Waals surface area contributed by atoms with Crippen LogP contribution >= 0.6 is 11.6 Å². The van der Waals surface area contributed by atoms with E-state index in [1.807, 2.05) is 0 Å². The number of fused-ring (bicyclic) bond motifs is 1. The molecule has 4 rings (SSSR count). The number of ketones is 1. The predicted octanol–water partition coefficient (Wildman–Crippen LogP) is 4.49. The molecule has 2 amide bonds. The van der Waals surface area contributed by atoms with E-state index in [9.17, 15) is 23.9 Å².